The van der Waals surface area contributed by atoms with Gasteiger partial charge in [0.1, 0.15) is 0 Å². The highest BCUT2D eigenvalue weighted by Crippen LogP contribution is 2.22. The number of fused-ring (bicyclic) bond motifs is 1. The number of halogens is 1. The summed E-state index contributed by atoms with van der Waals surface area (Å²) in [5.41, 5.74) is 3.56. The summed E-state index contributed by atoms with van der Waals surface area (Å²) in [7, 11) is 0. The van der Waals surface area contributed by atoms with Crippen LogP contribution in [0.3, 0.4) is 0 Å². The van der Waals surface area contributed by atoms with Crippen molar-refractivity contribution in [1.29, 1.82) is 0 Å². The van der Waals surface area contributed by atoms with Gasteiger partial charge in [-0.15, -0.1) is 0 Å². The molecule has 0 bridgehead atoms. The number of carbonyl (C=O) groups is 1. The van der Waals surface area contributed by atoms with Crippen LogP contribution in [-0.4, -0.2) is 17.3 Å². The van der Waals surface area contributed by atoms with E-state index in [2.05, 4.69) is 40.3 Å². The fourth-order valence-corrected chi connectivity index (χ4v) is 3.05. The summed E-state index contributed by atoms with van der Waals surface area (Å²) in [5, 5.41) is 2.99. The van der Waals surface area contributed by atoms with Crippen molar-refractivity contribution in [3.8, 4) is 0 Å². The van der Waals surface area contributed by atoms with Gasteiger partial charge in [-0.1, -0.05) is 35.3 Å². The molecule has 0 fully saturated rings. The van der Waals surface area contributed by atoms with Gasteiger partial charge in [0.2, 0.25) is 0 Å². The Bertz CT molecular complexity index is 431. The Morgan fingerprint density at radius 1 is 1.39 bits per heavy atom. The number of rotatable bonds is 5. The highest BCUT2D eigenvalue weighted by atomic mass is 79.9. The third-order valence-electron chi connectivity index (χ3n) is 3.45. The van der Waals surface area contributed by atoms with Crippen molar-refractivity contribution in [3.05, 3.63) is 34.9 Å². The van der Waals surface area contributed by atoms with Gasteiger partial charge in [0.05, 0.1) is 0 Å². The maximum Gasteiger partial charge on any atom is 0.251 e. The van der Waals surface area contributed by atoms with E-state index in [1.54, 1.807) is 0 Å². The standard InChI is InChI=1S/C15H20BrNO/c1-2-4-14(16)10-17-15(18)13-8-7-11-5-3-6-12(11)9-13/h7-9,14H,2-6,10H2,1H3,(H,17,18). The van der Waals surface area contributed by atoms with Crippen LogP contribution in [0.1, 0.15) is 47.7 Å². The van der Waals surface area contributed by atoms with Crippen LogP contribution in [0.25, 0.3) is 0 Å². The highest BCUT2D eigenvalue weighted by Gasteiger charge is 2.14. The van der Waals surface area contributed by atoms with E-state index < -0.39 is 0 Å². The maximum atomic E-state index is 12.0. The molecule has 1 aromatic carbocycles. The Morgan fingerprint density at radius 3 is 2.94 bits per heavy atom. The molecule has 3 heteroatoms. The molecule has 0 radical (unpaired) electrons. The van der Waals surface area contributed by atoms with Crippen molar-refractivity contribution < 1.29 is 4.79 Å². The fourth-order valence-electron chi connectivity index (χ4n) is 2.43. The van der Waals surface area contributed by atoms with E-state index >= 15 is 0 Å². The third kappa shape index (κ3) is 3.35. The number of aryl methyl sites for hydroxylation is 2. The van der Waals surface area contributed by atoms with E-state index in [1.165, 1.54) is 17.5 Å². The summed E-state index contributed by atoms with van der Waals surface area (Å²) in [6, 6.07) is 6.11. The van der Waals surface area contributed by atoms with Crippen LogP contribution < -0.4 is 5.32 Å². The summed E-state index contributed by atoms with van der Waals surface area (Å²) in [6.45, 7) is 2.85. The maximum absolute atomic E-state index is 12.0. The van der Waals surface area contributed by atoms with Crippen LogP contribution in [0.2, 0.25) is 0 Å². The lowest BCUT2D eigenvalue weighted by molar-refractivity contribution is 0.0953. The number of hydrogen-bond donors (Lipinski definition) is 1. The predicted molar refractivity (Wildman–Crippen MR) is 78.4 cm³/mol. The lowest BCUT2D eigenvalue weighted by Gasteiger charge is -2.10. The first-order valence-electron chi connectivity index (χ1n) is 6.74. The molecule has 1 aliphatic rings. The summed E-state index contributed by atoms with van der Waals surface area (Å²) < 4.78 is 0. The lowest BCUT2D eigenvalue weighted by Crippen LogP contribution is -2.29. The molecule has 1 unspecified atom stereocenters. The molecule has 1 amide bonds. The van der Waals surface area contributed by atoms with E-state index in [4.69, 9.17) is 0 Å². The number of hydrogen-bond acceptors (Lipinski definition) is 1. The van der Waals surface area contributed by atoms with Gasteiger partial charge in [0.15, 0.2) is 0 Å². The Kier molecular flexibility index (Phi) is 4.81. The van der Waals surface area contributed by atoms with Crippen LogP contribution >= 0.6 is 15.9 Å². The molecule has 1 N–H and O–H groups in total. The summed E-state index contributed by atoms with van der Waals surface area (Å²) in [5.74, 6) is 0.0465. The van der Waals surface area contributed by atoms with Gasteiger partial charge in [0, 0.05) is 16.9 Å². The quantitative estimate of drug-likeness (QED) is 0.829. The van der Waals surface area contributed by atoms with Crippen molar-refractivity contribution in [3.63, 3.8) is 0 Å². The van der Waals surface area contributed by atoms with Crippen molar-refractivity contribution in [2.24, 2.45) is 0 Å². The van der Waals surface area contributed by atoms with Crippen molar-refractivity contribution >= 4 is 21.8 Å². The fraction of sp³-hybridized carbons (Fsp3) is 0.533. The van der Waals surface area contributed by atoms with Gasteiger partial charge in [-0.3, -0.25) is 4.79 Å². The first kappa shape index (κ1) is 13.6. The average Bonchev–Trinajstić information content (AvgIpc) is 2.83. The summed E-state index contributed by atoms with van der Waals surface area (Å²) in [6.07, 6.45) is 5.72. The monoisotopic (exact) mass is 309 g/mol. The number of carbonyl (C=O) groups excluding carboxylic acids is 1. The van der Waals surface area contributed by atoms with Crippen LogP contribution in [0, 0.1) is 0 Å². The van der Waals surface area contributed by atoms with Crippen LogP contribution in [0.5, 0.6) is 0 Å². The number of amides is 1. The third-order valence-corrected chi connectivity index (χ3v) is 4.23. The normalized spacial score (nSPS) is 15.2. The van der Waals surface area contributed by atoms with E-state index in [9.17, 15) is 4.79 Å². The Hall–Kier alpha value is -0.830. The van der Waals surface area contributed by atoms with Crippen LogP contribution in [0.4, 0.5) is 0 Å². The van der Waals surface area contributed by atoms with E-state index in [1.807, 2.05) is 6.07 Å². The molecule has 2 nitrogen and oxygen atoms in total. The second-order valence-corrected chi connectivity index (χ2v) is 6.23. The minimum absolute atomic E-state index is 0.0465. The molecule has 0 saturated carbocycles. The predicted octanol–water partition coefficient (Wildman–Crippen LogP) is 3.47. The molecule has 0 saturated heterocycles. The second-order valence-electron chi connectivity index (χ2n) is 4.93. The zero-order valence-electron chi connectivity index (χ0n) is 10.8. The van der Waals surface area contributed by atoms with E-state index in [-0.39, 0.29) is 5.91 Å². The van der Waals surface area contributed by atoms with Crippen molar-refractivity contribution in [2.45, 2.75) is 43.9 Å². The minimum atomic E-state index is 0.0465. The minimum Gasteiger partial charge on any atom is -0.351 e. The van der Waals surface area contributed by atoms with Gasteiger partial charge in [-0.05, 0) is 48.9 Å². The molecule has 1 aromatic rings. The van der Waals surface area contributed by atoms with Gasteiger partial charge >= 0.3 is 0 Å². The smallest absolute Gasteiger partial charge is 0.251 e. The molecule has 2 rings (SSSR count). The number of benzene rings is 1. The van der Waals surface area contributed by atoms with Gasteiger partial charge in [-0.25, -0.2) is 0 Å². The number of nitrogens with one attached hydrogen (secondary N) is 1. The molecular formula is C15H20BrNO. The molecule has 0 spiro atoms. The molecule has 98 valence electrons. The Balaban J connectivity index is 1.93. The zero-order chi connectivity index (χ0) is 13.0. The summed E-state index contributed by atoms with van der Waals surface area (Å²) in [4.78, 5) is 12.4. The molecular weight excluding hydrogens is 290 g/mol. The SMILES string of the molecule is CCCC(Br)CNC(=O)c1ccc2c(c1)CCC2. The average molecular weight is 310 g/mol. The summed E-state index contributed by atoms with van der Waals surface area (Å²) >= 11 is 3.57. The van der Waals surface area contributed by atoms with Crippen molar-refractivity contribution in [2.75, 3.05) is 6.54 Å². The first-order valence-corrected chi connectivity index (χ1v) is 7.66. The van der Waals surface area contributed by atoms with Crippen molar-refractivity contribution in [1.82, 2.24) is 5.32 Å². The lowest BCUT2D eigenvalue weighted by atomic mass is 10.1. The van der Waals surface area contributed by atoms with Gasteiger partial charge in [0.25, 0.3) is 5.91 Å². The molecule has 1 aliphatic carbocycles. The van der Waals surface area contributed by atoms with Crippen LogP contribution in [-0.2, 0) is 12.8 Å². The topological polar surface area (TPSA) is 29.1 Å². The Morgan fingerprint density at radius 2 is 2.17 bits per heavy atom. The van der Waals surface area contributed by atoms with E-state index in [0.29, 0.717) is 11.4 Å². The number of alkyl halides is 1. The molecule has 0 heterocycles. The molecule has 0 aliphatic heterocycles. The Labute approximate surface area is 117 Å². The van der Waals surface area contributed by atoms with Crippen LogP contribution in [0.15, 0.2) is 18.2 Å². The zero-order valence-corrected chi connectivity index (χ0v) is 12.4. The molecule has 18 heavy (non-hydrogen) atoms. The second kappa shape index (κ2) is 6.37. The first-order chi connectivity index (χ1) is 8.70. The largest absolute Gasteiger partial charge is 0.351 e. The highest BCUT2D eigenvalue weighted by molar-refractivity contribution is 9.09. The molecule has 0 aromatic heterocycles. The van der Waals surface area contributed by atoms with Gasteiger partial charge < -0.3 is 5.32 Å². The van der Waals surface area contributed by atoms with E-state index in [0.717, 1.165) is 31.2 Å². The molecule has 1 atom stereocenters. The van der Waals surface area contributed by atoms with Gasteiger partial charge in [-0.2, -0.15) is 0 Å².